The Kier molecular flexibility index (Phi) is 4.44. The van der Waals surface area contributed by atoms with Gasteiger partial charge in [0.2, 0.25) is 0 Å². The van der Waals surface area contributed by atoms with Crippen LogP contribution >= 0.6 is 0 Å². The van der Waals surface area contributed by atoms with E-state index >= 15 is 0 Å². The molecule has 1 aromatic rings. The zero-order chi connectivity index (χ0) is 13.8. The summed E-state index contributed by atoms with van der Waals surface area (Å²) >= 11 is 0. The van der Waals surface area contributed by atoms with E-state index in [0.717, 1.165) is 12.1 Å². The third kappa shape index (κ3) is 3.27. The number of nitrogens with one attached hydrogen (secondary N) is 1. The first-order chi connectivity index (χ1) is 9.17. The number of anilines is 1. The van der Waals surface area contributed by atoms with Crippen LogP contribution in [-0.2, 0) is 0 Å². The highest BCUT2D eigenvalue weighted by Gasteiger charge is 2.27. The number of rotatable bonds is 6. The van der Waals surface area contributed by atoms with Gasteiger partial charge in [-0.2, -0.15) is 0 Å². The van der Waals surface area contributed by atoms with Crippen molar-refractivity contribution in [3.8, 4) is 12.3 Å². The molecular formula is C16H21FN2. The first-order valence-electron chi connectivity index (χ1n) is 6.81. The summed E-state index contributed by atoms with van der Waals surface area (Å²) < 4.78 is 14.3. The maximum absolute atomic E-state index is 14.3. The summed E-state index contributed by atoms with van der Waals surface area (Å²) in [4.78, 5) is 2.01. The molecule has 1 unspecified atom stereocenters. The molecule has 0 spiro atoms. The molecule has 0 radical (unpaired) electrons. The molecular weight excluding hydrogens is 239 g/mol. The Morgan fingerprint density at radius 2 is 2.26 bits per heavy atom. The smallest absolute Gasteiger partial charge is 0.146 e. The predicted molar refractivity (Wildman–Crippen MR) is 77.6 cm³/mol. The molecule has 1 aliphatic rings. The average molecular weight is 260 g/mol. The van der Waals surface area contributed by atoms with E-state index in [9.17, 15) is 4.39 Å². The second kappa shape index (κ2) is 6.08. The van der Waals surface area contributed by atoms with Gasteiger partial charge in [-0.25, -0.2) is 4.39 Å². The fraction of sp³-hybridized carbons (Fsp3) is 0.500. The molecule has 0 aliphatic heterocycles. The van der Waals surface area contributed by atoms with Crippen LogP contribution in [0.15, 0.2) is 18.2 Å². The van der Waals surface area contributed by atoms with Gasteiger partial charge in [0.1, 0.15) is 5.82 Å². The van der Waals surface area contributed by atoms with Crippen molar-refractivity contribution in [1.29, 1.82) is 0 Å². The summed E-state index contributed by atoms with van der Waals surface area (Å²) in [5.41, 5.74) is 1.63. The molecule has 1 saturated carbocycles. The summed E-state index contributed by atoms with van der Waals surface area (Å²) in [6.45, 7) is 3.35. The number of hydrogen-bond donors (Lipinski definition) is 1. The van der Waals surface area contributed by atoms with Crippen molar-refractivity contribution in [3.63, 3.8) is 0 Å². The fourth-order valence-corrected chi connectivity index (χ4v) is 2.33. The standard InChI is InChI=1S/C16H21FN2/c1-4-10-19(11-13-8-9-13)16-14(12(2)18-3)6-5-7-15(16)17/h1,5-7,12-13,18H,8-11H2,2-3H3. The second-order valence-corrected chi connectivity index (χ2v) is 5.22. The summed E-state index contributed by atoms with van der Waals surface area (Å²) in [7, 11) is 1.88. The van der Waals surface area contributed by atoms with Crippen molar-refractivity contribution in [2.75, 3.05) is 25.0 Å². The van der Waals surface area contributed by atoms with Crippen molar-refractivity contribution in [2.45, 2.75) is 25.8 Å². The molecule has 0 bridgehead atoms. The number of benzene rings is 1. The highest BCUT2D eigenvalue weighted by molar-refractivity contribution is 5.57. The first-order valence-corrected chi connectivity index (χ1v) is 6.81. The van der Waals surface area contributed by atoms with E-state index < -0.39 is 0 Å². The minimum Gasteiger partial charge on any atom is -0.357 e. The lowest BCUT2D eigenvalue weighted by Gasteiger charge is -2.27. The van der Waals surface area contributed by atoms with Crippen molar-refractivity contribution in [1.82, 2.24) is 5.32 Å². The minimum absolute atomic E-state index is 0.102. The normalized spacial score (nSPS) is 15.9. The Balaban J connectivity index is 2.35. The lowest BCUT2D eigenvalue weighted by molar-refractivity contribution is 0.596. The van der Waals surface area contributed by atoms with Gasteiger partial charge < -0.3 is 10.2 Å². The van der Waals surface area contributed by atoms with Gasteiger partial charge in [-0.15, -0.1) is 6.42 Å². The van der Waals surface area contributed by atoms with Gasteiger partial charge in [0, 0.05) is 12.6 Å². The van der Waals surface area contributed by atoms with Crippen LogP contribution in [0.4, 0.5) is 10.1 Å². The van der Waals surface area contributed by atoms with Crippen LogP contribution in [0.2, 0.25) is 0 Å². The van der Waals surface area contributed by atoms with Crippen LogP contribution in [0, 0.1) is 24.1 Å². The van der Waals surface area contributed by atoms with Gasteiger partial charge in [0.15, 0.2) is 0 Å². The second-order valence-electron chi connectivity index (χ2n) is 5.22. The molecule has 0 saturated heterocycles. The average Bonchev–Trinajstić information content (AvgIpc) is 3.21. The SMILES string of the molecule is C#CCN(CC1CC1)c1c(F)cccc1C(C)NC. The molecule has 1 atom stereocenters. The topological polar surface area (TPSA) is 15.3 Å². The van der Waals surface area contributed by atoms with Crippen LogP contribution < -0.4 is 10.2 Å². The fourth-order valence-electron chi connectivity index (χ4n) is 2.33. The third-order valence-corrected chi connectivity index (χ3v) is 3.69. The summed E-state index contributed by atoms with van der Waals surface area (Å²) in [5, 5.41) is 3.17. The van der Waals surface area contributed by atoms with Crippen molar-refractivity contribution >= 4 is 5.69 Å². The Morgan fingerprint density at radius 1 is 1.53 bits per heavy atom. The van der Waals surface area contributed by atoms with Crippen molar-refractivity contribution in [3.05, 3.63) is 29.6 Å². The largest absolute Gasteiger partial charge is 0.357 e. The van der Waals surface area contributed by atoms with E-state index in [2.05, 4.69) is 11.2 Å². The van der Waals surface area contributed by atoms with Crippen LogP contribution in [0.25, 0.3) is 0 Å². The maximum Gasteiger partial charge on any atom is 0.146 e. The van der Waals surface area contributed by atoms with Crippen molar-refractivity contribution < 1.29 is 4.39 Å². The van der Waals surface area contributed by atoms with Crippen LogP contribution in [0.3, 0.4) is 0 Å². The lowest BCUT2D eigenvalue weighted by atomic mass is 10.0. The molecule has 19 heavy (non-hydrogen) atoms. The number of nitrogens with zero attached hydrogens (tertiary/aromatic N) is 1. The van der Waals surface area contributed by atoms with E-state index in [0.29, 0.717) is 18.2 Å². The summed E-state index contributed by atoms with van der Waals surface area (Å²) in [6, 6.07) is 5.34. The molecule has 1 N–H and O–H groups in total. The molecule has 0 aromatic heterocycles. The molecule has 2 rings (SSSR count). The Morgan fingerprint density at radius 3 is 2.84 bits per heavy atom. The predicted octanol–water partition coefficient (Wildman–Crippen LogP) is 2.96. The summed E-state index contributed by atoms with van der Waals surface area (Å²) in [5.74, 6) is 3.14. The molecule has 0 heterocycles. The molecule has 0 amide bonds. The van der Waals surface area contributed by atoms with E-state index in [1.165, 1.54) is 18.9 Å². The van der Waals surface area contributed by atoms with Crippen LogP contribution in [0.5, 0.6) is 0 Å². The van der Waals surface area contributed by atoms with Crippen molar-refractivity contribution in [2.24, 2.45) is 5.92 Å². The Bertz CT molecular complexity index is 474. The van der Waals surface area contributed by atoms with E-state index in [1.807, 2.05) is 24.9 Å². The highest BCUT2D eigenvalue weighted by Crippen LogP contribution is 2.35. The molecule has 1 aliphatic carbocycles. The quantitative estimate of drug-likeness (QED) is 0.791. The molecule has 1 aromatic carbocycles. The van der Waals surface area contributed by atoms with Gasteiger partial charge in [0.25, 0.3) is 0 Å². The maximum atomic E-state index is 14.3. The van der Waals surface area contributed by atoms with Gasteiger partial charge in [-0.1, -0.05) is 18.1 Å². The van der Waals surface area contributed by atoms with Gasteiger partial charge in [0.05, 0.1) is 12.2 Å². The van der Waals surface area contributed by atoms with Gasteiger partial charge in [-0.3, -0.25) is 0 Å². The zero-order valence-corrected chi connectivity index (χ0v) is 11.6. The minimum atomic E-state index is -0.185. The van der Waals surface area contributed by atoms with Crippen LogP contribution in [0.1, 0.15) is 31.4 Å². The monoisotopic (exact) mass is 260 g/mol. The third-order valence-electron chi connectivity index (χ3n) is 3.69. The molecule has 102 valence electrons. The van der Waals surface area contributed by atoms with Gasteiger partial charge in [-0.05, 0) is 44.4 Å². The molecule has 1 fully saturated rings. The van der Waals surface area contributed by atoms with Gasteiger partial charge >= 0.3 is 0 Å². The van der Waals surface area contributed by atoms with E-state index in [1.54, 1.807) is 6.07 Å². The number of para-hydroxylation sites is 1. The zero-order valence-electron chi connectivity index (χ0n) is 11.6. The number of halogens is 1. The number of hydrogen-bond acceptors (Lipinski definition) is 2. The van der Waals surface area contributed by atoms with E-state index in [-0.39, 0.29) is 11.9 Å². The molecule has 3 heteroatoms. The Hall–Kier alpha value is -1.53. The van der Waals surface area contributed by atoms with Crippen LogP contribution in [-0.4, -0.2) is 20.1 Å². The number of terminal acetylenes is 1. The summed E-state index contributed by atoms with van der Waals surface area (Å²) in [6.07, 6.45) is 7.90. The van der Waals surface area contributed by atoms with E-state index in [4.69, 9.17) is 6.42 Å². The lowest BCUT2D eigenvalue weighted by Crippen LogP contribution is -2.29. The first kappa shape index (κ1) is 13.9. The Labute approximate surface area is 115 Å². The highest BCUT2D eigenvalue weighted by atomic mass is 19.1. The molecule has 2 nitrogen and oxygen atoms in total.